The van der Waals surface area contributed by atoms with Crippen LogP contribution >= 0.6 is 45.7 Å². The maximum Gasteiger partial charge on any atom is 0.355 e. The summed E-state index contributed by atoms with van der Waals surface area (Å²) in [5.74, 6) is -1.04. The Kier molecular flexibility index (Phi) is 6.02. The van der Waals surface area contributed by atoms with E-state index in [1.807, 2.05) is 37.3 Å². The molecule has 2 heterocycles. The molecule has 0 aliphatic heterocycles. The molecule has 5 nitrogen and oxygen atoms in total. The first-order valence-electron chi connectivity index (χ1n) is 8.72. The standard InChI is InChI=1S/C21H16IN3O2S2/c1-13-18(14-5-3-2-4-6-14)24-25(21-23-17(11-28-21)20(26)27)19(13)15-7-9-16(10-8-15)29-12-22/h2-11H,12H2,1H3,(H,26,27). The monoisotopic (exact) mass is 533 g/mol. The lowest BCUT2D eigenvalue weighted by Gasteiger charge is -2.07. The van der Waals surface area contributed by atoms with E-state index in [2.05, 4.69) is 51.8 Å². The highest BCUT2D eigenvalue weighted by molar-refractivity contribution is 14.1. The summed E-state index contributed by atoms with van der Waals surface area (Å²) in [6, 6.07) is 18.3. The first-order chi connectivity index (χ1) is 14.1. The first-order valence-corrected chi connectivity index (χ1v) is 12.1. The van der Waals surface area contributed by atoms with Crippen molar-refractivity contribution in [1.82, 2.24) is 14.8 Å². The molecule has 0 fully saturated rings. The van der Waals surface area contributed by atoms with Crippen molar-refractivity contribution < 1.29 is 9.90 Å². The van der Waals surface area contributed by atoms with Crippen molar-refractivity contribution in [3.63, 3.8) is 0 Å². The summed E-state index contributed by atoms with van der Waals surface area (Å²) < 4.78 is 2.75. The Labute approximate surface area is 190 Å². The van der Waals surface area contributed by atoms with Crippen molar-refractivity contribution in [2.24, 2.45) is 0 Å². The smallest absolute Gasteiger partial charge is 0.355 e. The Bertz CT molecular complexity index is 1150. The Hall–Kier alpha value is -2.17. The van der Waals surface area contributed by atoms with Gasteiger partial charge in [0.2, 0.25) is 5.13 Å². The van der Waals surface area contributed by atoms with Crippen molar-refractivity contribution in [3.05, 3.63) is 71.2 Å². The molecule has 146 valence electrons. The molecule has 0 saturated carbocycles. The molecule has 4 aromatic rings. The van der Waals surface area contributed by atoms with E-state index in [0.29, 0.717) is 5.13 Å². The highest BCUT2D eigenvalue weighted by atomic mass is 127. The number of thioether (sulfide) groups is 1. The average Bonchev–Trinajstić information content (AvgIpc) is 3.35. The van der Waals surface area contributed by atoms with E-state index in [9.17, 15) is 9.90 Å². The molecule has 29 heavy (non-hydrogen) atoms. The third-order valence-electron chi connectivity index (χ3n) is 4.41. The highest BCUT2D eigenvalue weighted by Gasteiger charge is 2.21. The van der Waals surface area contributed by atoms with Gasteiger partial charge in [0.15, 0.2) is 5.69 Å². The van der Waals surface area contributed by atoms with Crippen LogP contribution in [0.4, 0.5) is 0 Å². The van der Waals surface area contributed by atoms with E-state index in [0.717, 1.165) is 31.8 Å². The molecule has 0 amide bonds. The maximum absolute atomic E-state index is 11.3. The third-order valence-corrected chi connectivity index (χ3v) is 6.88. The molecule has 0 aliphatic rings. The lowest BCUT2D eigenvalue weighted by atomic mass is 10.0. The van der Waals surface area contributed by atoms with Crippen LogP contribution in [0.5, 0.6) is 0 Å². The summed E-state index contributed by atoms with van der Waals surface area (Å²) in [6.45, 7) is 2.04. The number of carboxylic acids is 1. The number of hydrogen-bond acceptors (Lipinski definition) is 5. The van der Waals surface area contributed by atoms with E-state index in [4.69, 9.17) is 5.10 Å². The Morgan fingerprint density at radius 3 is 2.48 bits per heavy atom. The van der Waals surface area contributed by atoms with Gasteiger partial charge in [0, 0.05) is 27.0 Å². The van der Waals surface area contributed by atoms with Crippen LogP contribution in [0.15, 0.2) is 64.9 Å². The summed E-state index contributed by atoms with van der Waals surface area (Å²) in [6.07, 6.45) is 0. The zero-order valence-electron chi connectivity index (χ0n) is 15.4. The number of nitrogens with zero attached hydrogens (tertiary/aromatic N) is 3. The van der Waals surface area contributed by atoms with Crippen molar-refractivity contribution >= 4 is 51.7 Å². The fourth-order valence-corrected chi connectivity index (χ4v) is 5.36. The fraction of sp³-hybridized carbons (Fsp3) is 0.0952. The van der Waals surface area contributed by atoms with Gasteiger partial charge in [-0.25, -0.2) is 14.5 Å². The number of aromatic carboxylic acids is 1. The SMILES string of the molecule is Cc1c(-c2ccccc2)nn(-c2nc(C(=O)O)cs2)c1-c1ccc(SCI)cc1. The van der Waals surface area contributed by atoms with Gasteiger partial charge >= 0.3 is 5.97 Å². The number of thiazole rings is 1. The topological polar surface area (TPSA) is 68.0 Å². The molecule has 2 aromatic carbocycles. The van der Waals surface area contributed by atoms with E-state index in [-0.39, 0.29) is 5.69 Å². The van der Waals surface area contributed by atoms with Gasteiger partial charge < -0.3 is 5.11 Å². The predicted octanol–water partition coefficient (Wildman–Crippen LogP) is 6.15. The first kappa shape index (κ1) is 20.1. The number of carbonyl (C=O) groups is 1. The third kappa shape index (κ3) is 4.10. The zero-order valence-corrected chi connectivity index (χ0v) is 19.2. The van der Waals surface area contributed by atoms with Gasteiger partial charge in [-0.2, -0.15) is 5.10 Å². The molecule has 0 atom stereocenters. The van der Waals surface area contributed by atoms with Crippen LogP contribution in [-0.2, 0) is 0 Å². The van der Waals surface area contributed by atoms with Crippen LogP contribution in [0.1, 0.15) is 16.1 Å². The molecule has 0 saturated heterocycles. The Morgan fingerprint density at radius 2 is 1.86 bits per heavy atom. The van der Waals surface area contributed by atoms with Gasteiger partial charge in [0.1, 0.15) is 0 Å². The Balaban J connectivity index is 1.89. The van der Waals surface area contributed by atoms with Crippen LogP contribution < -0.4 is 0 Å². The van der Waals surface area contributed by atoms with Gasteiger partial charge in [-0.1, -0.05) is 65.1 Å². The molecule has 0 unspecified atom stereocenters. The molecule has 8 heteroatoms. The lowest BCUT2D eigenvalue weighted by Crippen LogP contribution is -2.02. The number of carboxylic acid groups (broad SMARTS) is 1. The van der Waals surface area contributed by atoms with Gasteiger partial charge in [0.25, 0.3) is 0 Å². The minimum Gasteiger partial charge on any atom is -0.476 e. The van der Waals surface area contributed by atoms with Gasteiger partial charge in [-0.3, -0.25) is 0 Å². The molecule has 0 bridgehead atoms. The van der Waals surface area contributed by atoms with E-state index >= 15 is 0 Å². The number of hydrogen-bond donors (Lipinski definition) is 1. The number of halogens is 1. The number of rotatable bonds is 6. The fourth-order valence-electron chi connectivity index (χ4n) is 3.08. The van der Waals surface area contributed by atoms with Crippen molar-refractivity contribution in [3.8, 4) is 27.6 Å². The van der Waals surface area contributed by atoms with E-state index in [1.165, 1.54) is 16.2 Å². The van der Waals surface area contributed by atoms with Crippen molar-refractivity contribution in [2.75, 3.05) is 3.76 Å². The van der Waals surface area contributed by atoms with Crippen LogP contribution in [0, 0.1) is 6.92 Å². The molecule has 0 spiro atoms. The number of aromatic nitrogens is 3. The maximum atomic E-state index is 11.3. The predicted molar refractivity (Wildman–Crippen MR) is 127 cm³/mol. The minimum atomic E-state index is -1.04. The van der Waals surface area contributed by atoms with Crippen LogP contribution in [0.25, 0.3) is 27.6 Å². The second-order valence-corrected chi connectivity index (χ2v) is 9.88. The molecular formula is C21H16IN3O2S2. The molecule has 4 rings (SSSR count). The van der Waals surface area contributed by atoms with Gasteiger partial charge in [0.05, 0.1) is 15.1 Å². The molecule has 0 radical (unpaired) electrons. The van der Waals surface area contributed by atoms with Crippen LogP contribution in [0.3, 0.4) is 0 Å². The molecule has 1 N–H and O–H groups in total. The number of alkyl halides is 1. The van der Waals surface area contributed by atoms with Crippen molar-refractivity contribution in [2.45, 2.75) is 11.8 Å². The quantitative estimate of drug-likeness (QED) is 0.183. The lowest BCUT2D eigenvalue weighted by molar-refractivity contribution is 0.0691. The van der Waals surface area contributed by atoms with Crippen LogP contribution in [-0.4, -0.2) is 29.6 Å². The second kappa shape index (κ2) is 8.68. The van der Waals surface area contributed by atoms with Crippen molar-refractivity contribution in [1.29, 1.82) is 0 Å². The summed E-state index contributed by atoms with van der Waals surface area (Å²) in [5.41, 5.74) is 4.86. The largest absolute Gasteiger partial charge is 0.476 e. The second-order valence-electron chi connectivity index (χ2n) is 6.20. The molecule has 0 aliphatic carbocycles. The summed E-state index contributed by atoms with van der Waals surface area (Å²) in [5, 5.41) is 16.2. The minimum absolute atomic E-state index is 0.0270. The molecular weight excluding hydrogens is 517 g/mol. The average molecular weight is 533 g/mol. The highest BCUT2D eigenvalue weighted by Crippen LogP contribution is 2.35. The summed E-state index contributed by atoms with van der Waals surface area (Å²) in [4.78, 5) is 16.8. The molecule has 2 aromatic heterocycles. The zero-order chi connectivity index (χ0) is 20.4. The Morgan fingerprint density at radius 1 is 1.14 bits per heavy atom. The normalized spacial score (nSPS) is 11.0. The summed E-state index contributed by atoms with van der Waals surface area (Å²) >= 11 is 5.39. The number of benzene rings is 2. The van der Waals surface area contributed by atoms with Gasteiger partial charge in [-0.05, 0) is 19.1 Å². The summed E-state index contributed by atoms with van der Waals surface area (Å²) in [7, 11) is 0. The van der Waals surface area contributed by atoms with E-state index in [1.54, 1.807) is 21.8 Å². The van der Waals surface area contributed by atoms with Gasteiger partial charge in [-0.15, -0.1) is 23.1 Å². The van der Waals surface area contributed by atoms with E-state index < -0.39 is 5.97 Å². The van der Waals surface area contributed by atoms with Crippen LogP contribution in [0.2, 0.25) is 0 Å².